The first kappa shape index (κ1) is 8.51. The lowest BCUT2D eigenvalue weighted by atomic mass is 10.5. The molecule has 4 nitrogen and oxygen atoms in total. The Kier molecular flexibility index (Phi) is 2.72. The Labute approximate surface area is 51.4 Å². The van der Waals surface area contributed by atoms with Crippen LogP contribution in [0.15, 0.2) is 0 Å². The van der Waals surface area contributed by atoms with E-state index in [9.17, 15) is 17.6 Å². The Morgan fingerprint density at radius 2 is 2.00 bits per heavy atom. The van der Waals surface area contributed by atoms with E-state index >= 15 is 0 Å². The molecule has 6 heteroatoms. The average molecular weight is 156 g/mol. The van der Waals surface area contributed by atoms with E-state index in [2.05, 4.69) is 0 Å². The molecule has 0 unspecified atom stereocenters. The van der Waals surface area contributed by atoms with Gasteiger partial charge in [-0.2, -0.15) is 8.42 Å². The first-order valence-corrected chi connectivity index (χ1v) is 3.59. The smallest absolute Gasteiger partial charge is 0.272 e. The number of hydrogen-bond donors (Lipinski definition) is 1. The standard InChI is InChI=1S/C3H5FO4S/c4-1-3(5)2-9(6,7)8/h1-2H2,(H,6,7,8). The Bertz CT molecular complexity index is 194. The zero-order chi connectivity index (χ0) is 7.49. The van der Waals surface area contributed by atoms with Crippen LogP contribution in [-0.4, -0.2) is 31.2 Å². The Morgan fingerprint density at radius 1 is 1.56 bits per heavy atom. The zero-order valence-corrected chi connectivity index (χ0v) is 5.19. The molecule has 0 atom stereocenters. The highest BCUT2D eigenvalue weighted by Gasteiger charge is 2.11. The van der Waals surface area contributed by atoms with Gasteiger partial charge in [0.05, 0.1) is 0 Å². The fourth-order valence-corrected chi connectivity index (χ4v) is 0.726. The van der Waals surface area contributed by atoms with E-state index in [0.717, 1.165) is 0 Å². The first-order valence-electron chi connectivity index (χ1n) is 1.98. The van der Waals surface area contributed by atoms with Crippen molar-refractivity contribution in [1.82, 2.24) is 0 Å². The van der Waals surface area contributed by atoms with Crippen molar-refractivity contribution in [3.63, 3.8) is 0 Å². The van der Waals surface area contributed by atoms with Crippen LogP contribution >= 0.6 is 0 Å². The molecule has 9 heavy (non-hydrogen) atoms. The van der Waals surface area contributed by atoms with Gasteiger partial charge in [0.15, 0.2) is 5.78 Å². The van der Waals surface area contributed by atoms with E-state index in [4.69, 9.17) is 4.55 Å². The minimum absolute atomic E-state index is 1.14. The van der Waals surface area contributed by atoms with Gasteiger partial charge in [-0.15, -0.1) is 0 Å². The summed E-state index contributed by atoms with van der Waals surface area (Å²) in [4.78, 5) is 9.91. The molecule has 0 aliphatic heterocycles. The molecule has 0 heterocycles. The van der Waals surface area contributed by atoms with Crippen LogP contribution in [0.2, 0.25) is 0 Å². The SMILES string of the molecule is O=C(CF)CS(=O)(=O)O. The molecule has 0 saturated carbocycles. The van der Waals surface area contributed by atoms with E-state index in [1.165, 1.54) is 0 Å². The van der Waals surface area contributed by atoms with Gasteiger partial charge in [-0.1, -0.05) is 0 Å². The molecule has 0 rings (SSSR count). The molecular weight excluding hydrogens is 151 g/mol. The van der Waals surface area contributed by atoms with Crippen molar-refractivity contribution in [3.8, 4) is 0 Å². The maximum absolute atomic E-state index is 11.2. The fourth-order valence-electron chi connectivity index (χ4n) is 0.242. The quantitative estimate of drug-likeness (QED) is 0.554. The van der Waals surface area contributed by atoms with Crippen molar-refractivity contribution in [3.05, 3.63) is 0 Å². The molecule has 0 amide bonds. The molecule has 0 fully saturated rings. The van der Waals surface area contributed by atoms with Gasteiger partial charge in [0.1, 0.15) is 12.4 Å². The number of alkyl halides is 1. The highest BCUT2D eigenvalue weighted by Crippen LogP contribution is 1.83. The summed E-state index contributed by atoms with van der Waals surface area (Å²) in [6.07, 6.45) is 0. The summed E-state index contributed by atoms with van der Waals surface area (Å²) in [6, 6.07) is 0. The van der Waals surface area contributed by atoms with Gasteiger partial charge >= 0.3 is 0 Å². The number of halogens is 1. The Morgan fingerprint density at radius 3 is 2.11 bits per heavy atom. The summed E-state index contributed by atoms with van der Waals surface area (Å²) in [5.41, 5.74) is 0. The molecule has 0 bridgehead atoms. The molecule has 0 aromatic rings. The topological polar surface area (TPSA) is 71.4 Å². The average Bonchev–Trinajstić information content (AvgIpc) is 1.62. The largest absolute Gasteiger partial charge is 0.296 e. The van der Waals surface area contributed by atoms with Gasteiger partial charge in [0, 0.05) is 0 Å². The summed E-state index contributed by atoms with van der Waals surface area (Å²) in [7, 11) is -4.32. The van der Waals surface area contributed by atoms with E-state index in [0.29, 0.717) is 0 Å². The van der Waals surface area contributed by atoms with E-state index in [-0.39, 0.29) is 0 Å². The summed E-state index contributed by atoms with van der Waals surface area (Å²) in [6.45, 7) is -1.36. The van der Waals surface area contributed by atoms with Gasteiger partial charge in [-0.25, -0.2) is 4.39 Å². The van der Waals surface area contributed by atoms with Gasteiger partial charge in [-0.3, -0.25) is 9.35 Å². The molecule has 0 spiro atoms. The van der Waals surface area contributed by atoms with Crippen LogP contribution in [0.5, 0.6) is 0 Å². The fraction of sp³-hybridized carbons (Fsp3) is 0.667. The second kappa shape index (κ2) is 2.88. The maximum atomic E-state index is 11.2. The lowest BCUT2D eigenvalue weighted by Gasteiger charge is -1.88. The minimum Gasteiger partial charge on any atom is -0.296 e. The third-order valence-corrected chi connectivity index (χ3v) is 1.18. The molecule has 0 aliphatic rings. The van der Waals surface area contributed by atoms with Crippen LogP contribution in [0, 0.1) is 0 Å². The number of ketones is 1. The van der Waals surface area contributed by atoms with Crippen LogP contribution < -0.4 is 0 Å². The second-order valence-corrected chi connectivity index (χ2v) is 2.85. The molecular formula is C3H5FO4S. The van der Waals surface area contributed by atoms with Crippen molar-refractivity contribution in [2.75, 3.05) is 12.4 Å². The third-order valence-electron chi connectivity index (χ3n) is 0.492. The van der Waals surface area contributed by atoms with Crippen LogP contribution in [0.25, 0.3) is 0 Å². The van der Waals surface area contributed by atoms with Crippen LogP contribution in [0.4, 0.5) is 4.39 Å². The van der Waals surface area contributed by atoms with E-state index in [1.54, 1.807) is 0 Å². The van der Waals surface area contributed by atoms with E-state index in [1.807, 2.05) is 0 Å². The molecule has 0 aromatic carbocycles. The predicted octanol–water partition coefficient (Wildman–Crippen LogP) is -0.587. The summed E-state index contributed by atoms with van der Waals surface area (Å²) < 4.78 is 38.6. The van der Waals surface area contributed by atoms with Crippen molar-refractivity contribution < 1.29 is 22.2 Å². The summed E-state index contributed by atoms with van der Waals surface area (Å²) in [5.74, 6) is -2.28. The van der Waals surface area contributed by atoms with Crippen molar-refractivity contribution in [2.45, 2.75) is 0 Å². The Hall–Kier alpha value is -0.490. The van der Waals surface area contributed by atoms with Gasteiger partial charge < -0.3 is 0 Å². The first-order chi connectivity index (χ1) is 3.95. The van der Waals surface area contributed by atoms with Gasteiger partial charge in [0.2, 0.25) is 0 Å². The van der Waals surface area contributed by atoms with Crippen LogP contribution in [0.3, 0.4) is 0 Å². The van der Waals surface area contributed by atoms with E-state index < -0.39 is 28.3 Å². The maximum Gasteiger partial charge on any atom is 0.272 e. The lowest BCUT2D eigenvalue weighted by Crippen LogP contribution is -2.15. The normalized spacial score (nSPS) is 11.3. The summed E-state index contributed by atoms with van der Waals surface area (Å²) >= 11 is 0. The highest BCUT2D eigenvalue weighted by molar-refractivity contribution is 7.86. The number of rotatable bonds is 3. The Balaban J connectivity index is 3.91. The second-order valence-electron chi connectivity index (χ2n) is 1.40. The van der Waals surface area contributed by atoms with Crippen molar-refractivity contribution >= 4 is 15.9 Å². The van der Waals surface area contributed by atoms with Gasteiger partial charge in [-0.05, 0) is 0 Å². The number of carbonyl (C=O) groups excluding carboxylic acids is 1. The van der Waals surface area contributed by atoms with Crippen LogP contribution in [-0.2, 0) is 14.9 Å². The number of Topliss-reactive ketones (excluding diaryl/α,β-unsaturated/α-hetero) is 1. The molecule has 0 aromatic heterocycles. The third kappa shape index (κ3) is 5.38. The molecule has 54 valence electrons. The molecule has 1 N–H and O–H groups in total. The predicted molar refractivity (Wildman–Crippen MR) is 27.4 cm³/mol. The number of carbonyl (C=O) groups is 1. The van der Waals surface area contributed by atoms with Crippen LogP contribution in [0.1, 0.15) is 0 Å². The minimum atomic E-state index is -4.32. The summed E-state index contributed by atoms with van der Waals surface area (Å²) in [5, 5.41) is 0. The lowest BCUT2D eigenvalue weighted by molar-refractivity contribution is -0.117. The zero-order valence-electron chi connectivity index (χ0n) is 4.37. The monoisotopic (exact) mass is 156 g/mol. The van der Waals surface area contributed by atoms with Gasteiger partial charge in [0.25, 0.3) is 10.1 Å². The van der Waals surface area contributed by atoms with Crippen molar-refractivity contribution in [2.24, 2.45) is 0 Å². The molecule has 0 radical (unpaired) electrons. The molecule has 0 aliphatic carbocycles. The van der Waals surface area contributed by atoms with Crippen molar-refractivity contribution in [1.29, 1.82) is 0 Å². The highest BCUT2D eigenvalue weighted by atomic mass is 32.2. The number of hydrogen-bond acceptors (Lipinski definition) is 3. The molecule has 0 saturated heterocycles.